The molecule has 2 aliphatic rings. The van der Waals surface area contributed by atoms with Crippen LogP contribution >= 0.6 is 0 Å². The van der Waals surface area contributed by atoms with Crippen LogP contribution in [-0.4, -0.2) is 49.8 Å². The fourth-order valence-electron chi connectivity index (χ4n) is 2.34. The van der Waals surface area contributed by atoms with Gasteiger partial charge in [-0.1, -0.05) is 13.0 Å². The Hall–Kier alpha value is -0.580. The van der Waals surface area contributed by atoms with E-state index in [0.29, 0.717) is 5.92 Å². The highest BCUT2D eigenvalue weighted by atomic mass is 16.5. The molecule has 0 bridgehead atoms. The van der Waals surface area contributed by atoms with E-state index in [9.17, 15) is 0 Å². The van der Waals surface area contributed by atoms with Crippen LogP contribution in [0.25, 0.3) is 0 Å². The summed E-state index contributed by atoms with van der Waals surface area (Å²) in [6.07, 6.45) is 5.86. The number of nitrogens with zero attached hydrogens (tertiary/aromatic N) is 1. The molecule has 0 radical (unpaired) electrons. The van der Waals surface area contributed by atoms with E-state index >= 15 is 0 Å². The van der Waals surface area contributed by atoms with Gasteiger partial charge in [-0.15, -0.1) is 0 Å². The van der Waals surface area contributed by atoms with Crippen LogP contribution in [0.4, 0.5) is 0 Å². The minimum absolute atomic E-state index is 0.136. The van der Waals surface area contributed by atoms with Gasteiger partial charge in [0.1, 0.15) is 0 Å². The lowest BCUT2D eigenvalue weighted by Crippen LogP contribution is -2.53. The number of rotatable bonds is 2. The predicted molar refractivity (Wildman–Crippen MR) is 65.1 cm³/mol. The zero-order valence-corrected chi connectivity index (χ0v) is 10.2. The molecule has 0 amide bonds. The van der Waals surface area contributed by atoms with Crippen molar-refractivity contribution in [1.82, 2.24) is 10.2 Å². The summed E-state index contributed by atoms with van der Waals surface area (Å²) in [7, 11) is 2.08. The van der Waals surface area contributed by atoms with Gasteiger partial charge in [0.05, 0.1) is 12.2 Å². The maximum Gasteiger partial charge on any atom is 0.0814 e. The zero-order chi connectivity index (χ0) is 11.5. The zero-order valence-electron chi connectivity index (χ0n) is 10.2. The van der Waals surface area contributed by atoms with E-state index in [1.165, 1.54) is 0 Å². The van der Waals surface area contributed by atoms with Crippen molar-refractivity contribution in [2.24, 2.45) is 11.7 Å². The Balaban J connectivity index is 1.90. The molecule has 4 atom stereocenters. The first-order chi connectivity index (χ1) is 7.66. The molecule has 0 aromatic carbocycles. The molecule has 0 saturated carbocycles. The third kappa shape index (κ3) is 2.75. The van der Waals surface area contributed by atoms with Crippen molar-refractivity contribution in [3.8, 4) is 0 Å². The van der Waals surface area contributed by atoms with Gasteiger partial charge in [0.15, 0.2) is 0 Å². The Morgan fingerprint density at radius 2 is 2.25 bits per heavy atom. The molecule has 2 heterocycles. The minimum Gasteiger partial charge on any atom is -0.378 e. The number of nitrogens with two attached hydrogens (primary N) is 1. The Bertz CT molecular complexity index is 257. The Morgan fingerprint density at radius 3 is 3.00 bits per heavy atom. The van der Waals surface area contributed by atoms with Crippen LogP contribution in [0.1, 0.15) is 13.3 Å². The maximum atomic E-state index is 6.17. The Labute approximate surface area is 97.8 Å². The molecule has 2 aliphatic heterocycles. The van der Waals surface area contributed by atoms with Crippen LogP contribution in [0, 0.1) is 5.92 Å². The van der Waals surface area contributed by atoms with Gasteiger partial charge in [-0.05, 0) is 19.2 Å². The maximum absolute atomic E-state index is 6.17. The average molecular weight is 225 g/mol. The van der Waals surface area contributed by atoms with E-state index in [4.69, 9.17) is 10.5 Å². The van der Waals surface area contributed by atoms with Crippen molar-refractivity contribution in [1.29, 1.82) is 0 Å². The van der Waals surface area contributed by atoms with Crippen molar-refractivity contribution in [3.05, 3.63) is 12.3 Å². The van der Waals surface area contributed by atoms with Crippen molar-refractivity contribution >= 4 is 0 Å². The van der Waals surface area contributed by atoms with Gasteiger partial charge in [-0.25, -0.2) is 0 Å². The van der Waals surface area contributed by atoms with E-state index in [-0.39, 0.29) is 18.2 Å². The number of nitrogens with one attached hydrogen (secondary N) is 1. The van der Waals surface area contributed by atoms with E-state index in [1.54, 1.807) is 0 Å². The topological polar surface area (TPSA) is 50.5 Å². The standard InChI is InChI=1S/C12H23N3O/c1-9-4-6-15(2)8-12(9)16-11-3-5-14-7-10(11)13/h4,6,9-12,14H,3,5,7-8,13H2,1-2H3/t9?,10?,11?,12-/m0/s1. The van der Waals surface area contributed by atoms with Crippen LogP contribution in [0.3, 0.4) is 0 Å². The number of piperidine rings is 1. The summed E-state index contributed by atoms with van der Waals surface area (Å²) in [5, 5.41) is 3.29. The lowest BCUT2D eigenvalue weighted by atomic mass is 9.99. The summed E-state index contributed by atoms with van der Waals surface area (Å²) >= 11 is 0. The SMILES string of the molecule is CC1C=CN(C)C[C@@H]1OC1CCNCC1N. The Morgan fingerprint density at radius 1 is 1.44 bits per heavy atom. The molecule has 92 valence electrons. The molecule has 3 N–H and O–H groups in total. The third-order valence-corrected chi connectivity index (χ3v) is 3.51. The van der Waals surface area contributed by atoms with Crippen molar-refractivity contribution in [2.75, 3.05) is 26.7 Å². The summed E-state index contributed by atoms with van der Waals surface area (Å²) in [6, 6.07) is 0.136. The van der Waals surface area contributed by atoms with Gasteiger partial charge in [-0.2, -0.15) is 0 Å². The molecular formula is C12H23N3O. The average Bonchev–Trinajstić information content (AvgIpc) is 2.27. The molecule has 3 unspecified atom stereocenters. The number of hydrogen-bond acceptors (Lipinski definition) is 4. The smallest absolute Gasteiger partial charge is 0.0814 e. The van der Waals surface area contributed by atoms with Crippen LogP contribution < -0.4 is 11.1 Å². The molecule has 4 heteroatoms. The first kappa shape index (κ1) is 11.9. The molecule has 4 nitrogen and oxygen atoms in total. The summed E-state index contributed by atoms with van der Waals surface area (Å²) in [5.74, 6) is 0.485. The molecule has 0 aromatic rings. The lowest BCUT2D eigenvalue weighted by Gasteiger charge is -2.37. The van der Waals surface area contributed by atoms with E-state index in [2.05, 4.69) is 36.5 Å². The second-order valence-electron chi connectivity index (χ2n) is 5.01. The first-order valence-corrected chi connectivity index (χ1v) is 6.17. The summed E-state index contributed by atoms with van der Waals surface area (Å²) in [6.45, 7) is 5.07. The third-order valence-electron chi connectivity index (χ3n) is 3.51. The van der Waals surface area contributed by atoms with E-state index in [0.717, 1.165) is 26.1 Å². The Kier molecular flexibility index (Phi) is 3.84. The van der Waals surface area contributed by atoms with E-state index < -0.39 is 0 Å². The van der Waals surface area contributed by atoms with Gasteiger partial charge in [-0.3, -0.25) is 0 Å². The van der Waals surface area contributed by atoms with Gasteiger partial charge in [0, 0.05) is 32.1 Å². The van der Waals surface area contributed by atoms with E-state index in [1.807, 2.05) is 0 Å². The highest BCUT2D eigenvalue weighted by Crippen LogP contribution is 2.20. The molecule has 2 rings (SSSR count). The lowest BCUT2D eigenvalue weighted by molar-refractivity contribution is -0.0620. The quantitative estimate of drug-likeness (QED) is 0.703. The molecule has 16 heavy (non-hydrogen) atoms. The van der Waals surface area contributed by atoms with Crippen LogP contribution in [0.5, 0.6) is 0 Å². The van der Waals surface area contributed by atoms with Crippen molar-refractivity contribution in [3.63, 3.8) is 0 Å². The minimum atomic E-state index is 0.136. The monoisotopic (exact) mass is 225 g/mol. The fraction of sp³-hybridized carbons (Fsp3) is 0.833. The number of likely N-dealkylation sites (N-methyl/N-ethyl adjacent to an activating group) is 1. The predicted octanol–water partition coefficient (Wildman–Crippen LogP) is 0.156. The van der Waals surface area contributed by atoms with Crippen LogP contribution in [0.15, 0.2) is 12.3 Å². The molecule has 0 aromatic heterocycles. The molecule has 1 fully saturated rings. The highest BCUT2D eigenvalue weighted by molar-refractivity contribution is 4.97. The molecular weight excluding hydrogens is 202 g/mol. The normalized spacial score (nSPS) is 40.1. The fourth-order valence-corrected chi connectivity index (χ4v) is 2.34. The van der Waals surface area contributed by atoms with Crippen molar-refractivity contribution < 1.29 is 4.74 Å². The molecule has 0 spiro atoms. The van der Waals surface area contributed by atoms with Crippen LogP contribution in [0.2, 0.25) is 0 Å². The van der Waals surface area contributed by atoms with Gasteiger partial charge in [0.2, 0.25) is 0 Å². The summed E-state index contributed by atoms with van der Waals surface area (Å²) in [5.41, 5.74) is 6.06. The number of hydrogen-bond donors (Lipinski definition) is 2. The van der Waals surface area contributed by atoms with Gasteiger partial charge >= 0.3 is 0 Å². The second-order valence-corrected chi connectivity index (χ2v) is 5.01. The first-order valence-electron chi connectivity index (χ1n) is 6.17. The molecule has 0 aliphatic carbocycles. The second kappa shape index (κ2) is 5.17. The number of ether oxygens (including phenoxy) is 1. The van der Waals surface area contributed by atoms with Gasteiger partial charge in [0.25, 0.3) is 0 Å². The largest absolute Gasteiger partial charge is 0.378 e. The highest BCUT2D eigenvalue weighted by Gasteiger charge is 2.29. The summed E-state index contributed by atoms with van der Waals surface area (Å²) < 4.78 is 6.17. The van der Waals surface area contributed by atoms with Crippen molar-refractivity contribution in [2.45, 2.75) is 31.6 Å². The van der Waals surface area contributed by atoms with Gasteiger partial charge < -0.3 is 20.7 Å². The van der Waals surface area contributed by atoms with Crippen LogP contribution in [-0.2, 0) is 4.74 Å². The summed E-state index contributed by atoms with van der Waals surface area (Å²) in [4.78, 5) is 2.18. The molecule has 1 saturated heterocycles.